The SMILES string of the molecule is NCC1CCCN(Cc2cc(Cl)ccc2Br)C1. The molecule has 0 radical (unpaired) electrons. The number of rotatable bonds is 3. The van der Waals surface area contributed by atoms with E-state index in [9.17, 15) is 0 Å². The van der Waals surface area contributed by atoms with Gasteiger partial charge in [0.25, 0.3) is 0 Å². The molecule has 0 saturated carbocycles. The molecule has 1 atom stereocenters. The predicted octanol–water partition coefficient (Wildman–Crippen LogP) is 3.27. The summed E-state index contributed by atoms with van der Waals surface area (Å²) < 4.78 is 1.14. The molecule has 17 heavy (non-hydrogen) atoms. The largest absolute Gasteiger partial charge is 0.330 e. The van der Waals surface area contributed by atoms with Gasteiger partial charge in [-0.1, -0.05) is 27.5 Å². The first-order valence-corrected chi connectivity index (χ1v) is 7.22. The van der Waals surface area contributed by atoms with Crippen LogP contribution in [0.5, 0.6) is 0 Å². The van der Waals surface area contributed by atoms with E-state index in [1.54, 1.807) is 0 Å². The lowest BCUT2D eigenvalue weighted by atomic mass is 9.98. The van der Waals surface area contributed by atoms with E-state index in [1.165, 1.54) is 18.4 Å². The highest BCUT2D eigenvalue weighted by Crippen LogP contribution is 2.24. The Morgan fingerprint density at radius 3 is 3.06 bits per heavy atom. The van der Waals surface area contributed by atoms with Crippen LogP contribution >= 0.6 is 27.5 Å². The van der Waals surface area contributed by atoms with E-state index >= 15 is 0 Å². The highest BCUT2D eigenvalue weighted by molar-refractivity contribution is 9.10. The molecule has 94 valence electrons. The number of likely N-dealkylation sites (tertiary alicyclic amines) is 1. The quantitative estimate of drug-likeness (QED) is 0.927. The Morgan fingerprint density at radius 2 is 2.29 bits per heavy atom. The summed E-state index contributed by atoms with van der Waals surface area (Å²) in [5.74, 6) is 0.654. The van der Waals surface area contributed by atoms with Crippen LogP contribution in [0.3, 0.4) is 0 Å². The van der Waals surface area contributed by atoms with Gasteiger partial charge in [0.05, 0.1) is 0 Å². The van der Waals surface area contributed by atoms with Crippen LogP contribution in [0.1, 0.15) is 18.4 Å². The van der Waals surface area contributed by atoms with E-state index in [-0.39, 0.29) is 0 Å². The van der Waals surface area contributed by atoms with Gasteiger partial charge in [-0.25, -0.2) is 0 Å². The number of benzene rings is 1. The summed E-state index contributed by atoms with van der Waals surface area (Å²) in [5.41, 5.74) is 7.02. The summed E-state index contributed by atoms with van der Waals surface area (Å²) >= 11 is 9.61. The fraction of sp³-hybridized carbons (Fsp3) is 0.538. The average molecular weight is 318 g/mol. The Morgan fingerprint density at radius 1 is 1.47 bits per heavy atom. The van der Waals surface area contributed by atoms with Crippen LogP contribution in [-0.2, 0) is 6.54 Å². The lowest BCUT2D eigenvalue weighted by Gasteiger charge is -2.32. The van der Waals surface area contributed by atoms with Gasteiger partial charge < -0.3 is 5.73 Å². The van der Waals surface area contributed by atoms with Crippen LogP contribution in [0.2, 0.25) is 5.02 Å². The summed E-state index contributed by atoms with van der Waals surface area (Å²) in [7, 11) is 0. The van der Waals surface area contributed by atoms with Crippen molar-refractivity contribution in [2.24, 2.45) is 11.7 Å². The minimum Gasteiger partial charge on any atom is -0.330 e. The lowest BCUT2D eigenvalue weighted by molar-refractivity contribution is 0.171. The number of nitrogens with zero attached hydrogens (tertiary/aromatic N) is 1. The Bertz CT molecular complexity index is 384. The first kappa shape index (κ1) is 13.3. The third kappa shape index (κ3) is 3.68. The highest BCUT2D eigenvalue weighted by atomic mass is 79.9. The van der Waals surface area contributed by atoms with Crippen molar-refractivity contribution in [3.8, 4) is 0 Å². The third-order valence-corrected chi connectivity index (χ3v) is 4.35. The van der Waals surface area contributed by atoms with Crippen LogP contribution < -0.4 is 5.73 Å². The van der Waals surface area contributed by atoms with Crippen LogP contribution in [-0.4, -0.2) is 24.5 Å². The number of piperidine rings is 1. The molecule has 1 aliphatic rings. The Kier molecular flexibility index (Phi) is 4.86. The van der Waals surface area contributed by atoms with Crippen molar-refractivity contribution in [1.29, 1.82) is 0 Å². The first-order valence-electron chi connectivity index (χ1n) is 6.05. The van der Waals surface area contributed by atoms with Crippen molar-refractivity contribution < 1.29 is 0 Å². The second-order valence-corrected chi connectivity index (χ2v) is 6.01. The fourth-order valence-electron chi connectivity index (χ4n) is 2.39. The molecular formula is C13H18BrClN2. The van der Waals surface area contributed by atoms with Gasteiger partial charge in [-0.05, 0) is 55.6 Å². The molecule has 1 saturated heterocycles. The summed E-state index contributed by atoms with van der Waals surface area (Å²) in [6.45, 7) is 4.02. The van der Waals surface area contributed by atoms with Crippen LogP contribution in [0, 0.1) is 5.92 Å². The zero-order valence-corrected chi connectivity index (χ0v) is 12.2. The molecule has 1 aromatic carbocycles. The summed E-state index contributed by atoms with van der Waals surface area (Å²) in [4.78, 5) is 2.47. The Labute approximate surface area is 116 Å². The Balaban J connectivity index is 2.02. The first-order chi connectivity index (χ1) is 8.19. The maximum absolute atomic E-state index is 6.03. The molecular weight excluding hydrogens is 300 g/mol. The monoisotopic (exact) mass is 316 g/mol. The number of nitrogens with two attached hydrogens (primary N) is 1. The molecule has 2 nitrogen and oxygen atoms in total. The molecule has 0 bridgehead atoms. The normalized spacial score (nSPS) is 21.7. The molecule has 1 aliphatic heterocycles. The molecule has 4 heteroatoms. The van der Waals surface area contributed by atoms with Crippen molar-refractivity contribution >= 4 is 27.5 Å². The van der Waals surface area contributed by atoms with E-state index < -0.39 is 0 Å². The molecule has 0 aromatic heterocycles. The van der Waals surface area contributed by atoms with Gasteiger partial charge in [-0.15, -0.1) is 0 Å². The van der Waals surface area contributed by atoms with E-state index in [1.807, 2.05) is 18.2 Å². The number of halogens is 2. The third-order valence-electron chi connectivity index (χ3n) is 3.34. The van der Waals surface area contributed by atoms with Gasteiger partial charge in [-0.3, -0.25) is 4.90 Å². The zero-order chi connectivity index (χ0) is 12.3. The molecule has 0 spiro atoms. The van der Waals surface area contributed by atoms with Crippen LogP contribution in [0.25, 0.3) is 0 Å². The van der Waals surface area contributed by atoms with Gasteiger partial charge in [0, 0.05) is 22.6 Å². The summed E-state index contributed by atoms with van der Waals surface area (Å²) in [6, 6.07) is 5.97. The fourth-order valence-corrected chi connectivity index (χ4v) is 2.96. The molecule has 1 fully saturated rings. The Hall–Kier alpha value is -0.0900. The van der Waals surface area contributed by atoms with Crippen molar-refractivity contribution in [3.63, 3.8) is 0 Å². The lowest BCUT2D eigenvalue weighted by Crippen LogP contribution is -2.37. The average Bonchev–Trinajstić information content (AvgIpc) is 2.34. The zero-order valence-electron chi connectivity index (χ0n) is 9.83. The van der Waals surface area contributed by atoms with E-state index in [0.717, 1.165) is 35.7 Å². The maximum Gasteiger partial charge on any atom is 0.0410 e. The smallest absolute Gasteiger partial charge is 0.0410 e. The molecule has 1 unspecified atom stereocenters. The highest BCUT2D eigenvalue weighted by Gasteiger charge is 2.19. The topological polar surface area (TPSA) is 29.3 Å². The second-order valence-electron chi connectivity index (χ2n) is 4.71. The van der Waals surface area contributed by atoms with E-state index in [2.05, 4.69) is 20.8 Å². The summed E-state index contributed by atoms with van der Waals surface area (Å²) in [6.07, 6.45) is 2.52. The van der Waals surface area contributed by atoms with Gasteiger partial charge in [0.15, 0.2) is 0 Å². The van der Waals surface area contributed by atoms with Gasteiger partial charge in [0.1, 0.15) is 0 Å². The number of hydrogen-bond donors (Lipinski definition) is 1. The second kappa shape index (κ2) is 6.19. The van der Waals surface area contributed by atoms with Crippen molar-refractivity contribution in [2.75, 3.05) is 19.6 Å². The molecule has 2 N–H and O–H groups in total. The van der Waals surface area contributed by atoms with Gasteiger partial charge >= 0.3 is 0 Å². The molecule has 1 aromatic rings. The van der Waals surface area contributed by atoms with Crippen LogP contribution in [0.4, 0.5) is 0 Å². The molecule has 1 heterocycles. The minimum absolute atomic E-state index is 0.654. The predicted molar refractivity (Wildman–Crippen MR) is 76.2 cm³/mol. The van der Waals surface area contributed by atoms with E-state index in [0.29, 0.717) is 5.92 Å². The van der Waals surface area contributed by atoms with Crippen molar-refractivity contribution in [2.45, 2.75) is 19.4 Å². The van der Waals surface area contributed by atoms with Gasteiger partial charge in [0.2, 0.25) is 0 Å². The minimum atomic E-state index is 0.654. The van der Waals surface area contributed by atoms with Crippen LogP contribution in [0.15, 0.2) is 22.7 Å². The van der Waals surface area contributed by atoms with Gasteiger partial charge in [-0.2, -0.15) is 0 Å². The molecule has 2 rings (SSSR count). The standard InChI is InChI=1S/C13H18BrClN2/c14-13-4-3-12(15)6-11(13)9-17-5-1-2-10(7-16)8-17/h3-4,6,10H,1-2,5,7-9,16H2. The van der Waals surface area contributed by atoms with Crippen molar-refractivity contribution in [3.05, 3.63) is 33.3 Å². The molecule has 0 amide bonds. The van der Waals surface area contributed by atoms with Crippen molar-refractivity contribution in [1.82, 2.24) is 4.90 Å². The maximum atomic E-state index is 6.03. The number of hydrogen-bond acceptors (Lipinski definition) is 2. The van der Waals surface area contributed by atoms with E-state index in [4.69, 9.17) is 17.3 Å². The molecule has 0 aliphatic carbocycles. The summed E-state index contributed by atoms with van der Waals surface area (Å²) in [5, 5.41) is 0.801.